The van der Waals surface area contributed by atoms with Crippen molar-refractivity contribution in [2.45, 2.75) is 45.5 Å². The molecule has 2 unspecified atom stereocenters. The van der Waals surface area contributed by atoms with Gasteiger partial charge in [0.25, 0.3) is 5.91 Å². The average Bonchev–Trinajstić information content (AvgIpc) is 3.04. The summed E-state index contributed by atoms with van der Waals surface area (Å²) in [5.41, 5.74) is -1.43. The normalized spacial score (nSPS) is 20.7. The van der Waals surface area contributed by atoms with Crippen LogP contribution in [-0.2, 0) is 6.18 Å². The molecular weight excluding hydrogens is 299 g/mol. The third-order valence-corrected chi connectivity index (χ3v) is 3.98. The van der Waals surface area contributed by atoms with E-state index < -0.39 is 35.5 Å². The summed E-state index contributed by atoms with van der Waals surface area (Å²) in [6, 6.07) is -0.498. The Bertz CT molecular complexity index is 552. The summed E-state index contributed by atoms with van der Waals surface area (Å²) in [4.78, 5) is 13.8. The van der Waals surface area contributed by atoms with Crippen molar-refractivity contribution in [3.05, 3.63) is 17.5 Å². The van der Waals surface area contributed by atoms with Crippen molar-refractivity contribution in [3.8, 4) is 0 Å². The average molecular weight is 319 g/mol. The van der Waals surface area contributed by atoms with Crippen molar-refractivity contribution in [1.29, 1.82) is 0 Å². The lowest BCUT2D eigenvalue weighted by Gasteiger charge is -2.19. The van der Waals surface area contributed by atoms with E-state index in [-0.39, 0.29) is 12.5 Å². The Morgan fingerprint density at radius 1 is 1.41 bits per heavy atom. The molecule has 0 spiro atoms. The van der Waals surface area contributed by atoms with Gasteiger partial charge in [0.1, 0.15) is 0 Å². The van der Waals surface area contributed by atoms with Crippen molar-refractivity contribution >= 4 is 5.91 Å². The van der Waals surface area contributed by atoms with E-state index in [0.29, 0.717) is 13.0 Å². The fraction of sp³-hybridized carbons (Fsp3) is 0.714. The van der Waals surface area contributed by atoms with Gasteiger partial charge >= 0.3 is 6.18 Å². The molecule has 0 aliphatic carbocycles. The number of carbonyl (C=O) groups is 1. The second kappa shape index (κ2) is 5.91. The minimum absolute atomic E-state index is 0.0987. The molecule has 5 nitrogen and oxygen atoms in total. The van der Waals surface area contributed by atoms with Gasteiger partial charge in [-0.3, -0.25) is 9.48 Å². The summed E-state index contributed by atoms with van der Waals surface area (Å²) >= 11 is 0. The predicted molar refractivity (Wildman–Crippen MR) is 73.3 cm³/mol. The third kappa shape index (κ3) is 3.11. The van der Waals surface area contributed by atoms with E-state index in [1.165, 1.54) is 4.90 Å². The molecule has 1 aliphatic heterocycles. The number of halogens is 3. The van der Waals surface area contributed by atoms with Crippen molar-refractivity contribution in [2.24, 2.45) is 5.92 Å². The molecular formula is C14H20F3N3O2. The van der Waals surface area contributed by atoms with Crippen LogP contribution < -0.4 is 0 Å². The Labute approximate surface area is 126 Å². The van der Waals surface area contributed by atoms with Gasteiger partial charge in [-0.15, -0.1) is 0 Å². The lowest BCUT2D eigenvalue weighted by Crippen LogP contribution is -2.32. The number of carbonyl (C=O) groups excluding carboxylic acids is 1. The van der Waals surface area contributed by atoms with Gasteiger partial charge in [0.05, 0.1) is 17.9 Å². The fourth-order valence-corrected chi connectivity index (χ4v) is 2.73. The summed E-state index contributed by atoms with van der Waals surface area (Å²) in [5.74, 6) is -0.777. The van der Waals surface area contributed by atoms with Gasteiger partial charge in [0.15, 0.2) is 5.69 Å². The van der Waals surface area contributed by atoms with Crippen LogP contribution in [0.4, 0.5) is 13.2 Å². The van der Waals surface area contributed by atoms with Gasteiger partial charge in [-0.05, 0) is 27.2 Å². The molecule has 0 radical (unpaired) electrons. The van der Waals surface area contributed by atoms with Gasteiger partial charge in [-0.1, -0.05) is 0 Å². The number of rotatable bonds is 3. The quantitative estimate of drug-likeness (QED) is 0.930. The van der Waals surface area contributed by atoms with E-state index in [0.717, 1.165) is 10.9 Å². The molecule has 1 aromatic heterocycles. The lowest BCUT2D eigenvalue weighted by molar-refractivity contribution is -0.145. The Balaban J connectivity index is 2.31. The molecule has 2 atom stereocenters. The molecule has 0 bridgehead atoms. The minimum Gasteiger partial charge on any atom is -0.393 e. The number of amides is 1. The molecule has 8 heteroatoms. The van der Waals surface area contributed by atoms with Crippen LogP contribution in [0.3, 0.4) is 0 Å². The third-order valence-electron chi connectivity index (χ3n) is 3.98. The molecule has 2 heterocycles. The number of hydrogen-bond donors (Lipinski definition) is 1. The smallest absolute Gasteiger partial charge is 0.393 e. The molecule has 1 N–H and O–H groups in total. The number of aliphatic hydroxyl groups is 1. The number of alkyl halides is 3. The summed E-state index contributed by atoms with van der Waals surface area (Å²) in [6.07, 6.45) is -3.66. The van der Waals surface area contributed by atoms with Gasteiger partial charge in [0, 0.05) is 25.0 Å². The molecule has 22 heavy (non-hydrogen) atoms. The van der Waals surface area contributed by atoms with Crippen LogP contribution in [0, 0.1) is 5.92 Å². The van der Waals surface area contributed by atoms with Crippen LogP contribution in [-0.4, -0.2) is 44.9 Å². The summed E-state index contributed by atoms with van der Waals surface area (Å²) in [6.45, 7) is 5.39. The first-order valence-corrected chi connectivity index (χ1v) is 7.25. The Kier molecular flexibility index (Phi) is 4.51. The molecule has 1 aliphatic rings. The van der Waals surface area contributed by atoms with Gasteiger partial charge in [0.2, 0.25) is 0 Å². The zero-order valence-corrected chi connectivity index (χ0v) is 12.8. The maximum absolute atomic E-state index is 13.3. The predicted octanol–water partition coefficient (Wildman–Crippen LogP) is 2.33. The van der Waals surface area contributed by atoms with E-state index in [2.05, 4.69) is 5.10 Å². The molecule has 2 rings (SSSR count). The summed E-state index contributed by atoms with van der Waals surface area (Å²) in [5, 5.41) is 13.3. The van der Waals surface area contributed by atoms with Crippen molar-refractivity contribution in [2.75, 3.05) is 13.1 Å². The van der Waals surface area contributed by atoms with E-state index in [1.54, 1.807) is 20.8 Å². The van der Waals surface area contributed by atoms with Gasteiger partial charge in [-0.2, -0.15) is 18.3 Å². The highest BCUT2D eigenvalue weighted by molar-refractivity contribution is 5.95. The van der Waals surface area contributed by atoms with E-state index in [1.807, 2.05) is 0 Å². The van der Waals surface area contributed by atoms with Crippen LogP contribution in [0.1, 0.15) is 49.3 Å². The van der Waals surface area contributed by atoms with Gasteiger partial charge < -0.3 is 10.0 Å². The van der Waals surface area contributed by atoms with E-state index in [9.17, 15) is 23.1 Å². The number of aromatic nitrogens is 2. The topological polar surface area (TPSA) is 58.4 Å². The number of nitrogens with zero attached hydrogens (tertiary/aromatic N) is 3. The second-order valence-corrected chi connectivity index (χ2v) is 5.98. The van der Waals surface area contributed by atoms with Crippen molar-refractivity contribution in [3.63, 3.8) is 0 Å². The fourth-order valence-electron chi connectivity index (χ4n) is 2.73. The standard InChI is InChI=1S/C14H20F3N3O2/c1-8(2)20-12(14(15,16)17)11(6-18-20)13(22)19-5-4-10(7-19)9(3)21/h6,8-10,21H,4-5,7H2,1-3H3. The number of hydrogen-bond acceptors (Lipinski definition) is 3. The Morgan fingerprint density at radius 3 is 2.50 bits per heavy atom. The maximum Gasteiger partial charge on any atom is 0.433 e. The maximum atomic E-state index is 13.3. The minimum atomic E-state index is -4.64. The van der Waals surface area contributed by atoms with Crippen LogP contribution in [0.25, 0.3) is 0 Å². The Morgan fingerprint density at radius 2 is 2.05 bits per heavy atom. The zero-order valence-electron chi connectivity index (χ0n) is 12.8. The van der Waals surface area contributed by atoms with Crippen molar-refractivity contribution < 1.29 is 23.1 Å². The first-order chi connectivity index (χ1) is 10.1. The first-order valence-electron chi connectivity index (χ1n) is 7.25. The van der Waals surface area contributed by atoms with Crippen LogP contribution in [0.2, 0.25) is 0 Å². The highest BCUT2D eigenvalue weighted by Crippen LogP contribution is 2.34. The van der Waals surface area contributed by atoms with Crippen LogP contribution in [0.15, 0.2) is 6.20 Å². The molecule has 0 aromatic carbocycles. The van der Waals surface area contributed by atoms with Gasteiger partial charge in [-0.25, -0.2) is 0 Å². The molecule has 0 saturated carbocycles. The van der Waals surface area contributed by atoms with E-state index >= 15 is 0 Å². The first kappa shape index (κ1) is 16.8. The lowest BCUT2D eigenvalue weighted by atomic mass is 10.0. The highest BCUT2D eigenvalue weighted by atomic mass is 19.4. The monoisotopic (exact) mass is 319 g/mol. The molecule has 1 fully saturated rings. The SMILES string of the molecule is CC(O)C1CCN(C(=O)c2cnn(C(C)C)c2C(F)(F)F)C1. The largest absolute Gasteiger partial charge is 0.433 e. The van der Waals surface area contributed by atoms with Crippen LogP contribution in [0.5, 0.6) is 0 Å². The highest BCUT2D eigenvalue weighted by Gasteiger charge is 2.42. The second-order valence-electron chi connectivity index (χ2n) is 5.98. The number of likely N-dealkylation sites (tertiary alicyclic amines) is 1. The molecule has 124 valence electrons. The van der Waals surface area contributed by atoms with Crippen LogP contribution >= 0.6 is 0 Å². The zero-order chi connectivity index (χ0) is 16.7. The van der Waals surface area contributed by atoms with E-state index in [4.69, 9.17) is 0 Å². The summed E-state index contributed by atoms with van der Waals surface area (Å²) in [7, 11) is 0. The molecule has 1 amide bonds. The van der Waals surface area contributed by atoms with Crippen molar-refractivity contribution in [1.82, 2.24) is 14.7 Å². The molecule has 1 saturated heterocycles. The molecule has 1 aromatic rings. The number of aliphatic hydroxyl groups excluding tert-OH is 1. The Hall–Kier alpha value is -1.57. The summed E-state index contributed by atoms with van der Waals surface area (Å²) < 4.78 is 40.7.